The summed E-state index contributed by atoms with van der Waals surface area (Å²) in [6.07, 6.45) is 0.354. The predicted octanol–water partition coefficient (Wildman–Crippen LogP) is 3.17. The number of hydrogen-bond acceptors (Lipinski definition) is 1. The topological polar surface area (TPSA) is 12.0 Å². The number of hydrogen-bond donors (Lipinski definition) is 1. The van der Waals surface area contributed by atoms with Crippen molar-refractivity contribution in [2.24, 2.45) is 0 Å². The minimum Gasteiger partial charge on any atom is -0.309 e. The lowest BCUT2D eigenvalue weighted by Gasteiger charge is -2.16. The lowest BCUT2D eigenvalue weighted by atomic mass is 10.0. The van der Waals surface area contributed by atoms with E-state index in [2.05, 4.69) is 17.2 Å². The molecule has 0 aromatic heterocycles. The normalized spacial score (nSPS) is 11.8. The van der Waals surface area contributed by atoms with Crippen LogP contribution in [0.5, 0.6) is 0 Å². The fourth-order valence-electron chi connectivity index (χ4n) is 1.55. The summed E-state index contributed by atoms with van der Waals surface area (Å²) >= 11 is 0. The van der Waals surface area contributed by atoms with Crippen molar-refractivity contribution in [1.29, 1.82) is 0 Å². The van der Waals surface area contributed by atoms with Crippen LogP contribution in [0.15, 0.2) is 12.1 Å². The average molecular weight is 241 g/mol. The van der Waals surface area contributed by atoms with E-state index in [9.17, 15) is 13.2 Å². The first-order valence-corrected chi connectivity index (χ1v) is 5.38. The molecule has 1 nitrogen and oxygen atoms in total. The Morgan fingerprint density at radius 1 is 1.24 bits per heavy atom. The molecule has 0 radical (unpaired) electrons. The van der Waals surface area contributed by atoms with Gasteiger partial charge in [-0.05, 0) is 19.5 Å². The van der Waals surface area contributed by atoms with Crippen LogP contribution in [0.2, 0.25) is 0 Å². The SMILES string of the molecule is CC#CCC(NCC)c1ccc(F)c(F)c1F. The first-order chi connectivity index (χ1) is 8.11. The summed E-state index contributed by atoms with van der Waals surface area (Å²) in [6, 6.07) is 1.75. The van der Waals surface area contributed by atoms with Crippen molar-refractivity contribution in [1.82, 2.24) is 5.32 Å². The average Bonchev–Trinajstić information content (AvgIpc) is 2.32. The molecule has 17 heavy (non-hydrogen) atoms. The zero-order valence-corrected chi connectivity index (χ0v) is 9.78. The van der Waals surface area contributed by atoms with E-state index in [4.69, 9.17) is 0 Å². The largest absolute Gasteiger partial charge is 0.309 e. The Balaban J connectivity index is 3.08. The summed E-state index contributed by atoms with van der Waals surface area (Å²) < 4.78 is 39.5. The van der Waals surface area contributed by atoms with E-state index in [1.54, 1.807) is 6.92 Å². The van der Waals surface area contributed by atoms with Gasteiger partial charge >= 0.3 is 0 Å². The van der Waals surface area contributed by atoms with E-state index in [1.165, 1.54) is 6.07 Å². The van der Waals surface area contributed by atoms with Crippen molar-refractivity contribution in [3.63, 3.8) is 0 Å². The zero-order valence-electron chi connectivity index (χ0n) is 9.78. The molecule has 0 saturated carbocycles. The van der Waals surface area contributed by atoms with Crippen molar-refractivity contribution >= 4 is 0 Å². The highest BCUT2D eigenvalue weighted by Gasteiger charge is 2.19. The van der Waals surface area contributed by atoms with Crippen molar-refractivity contribution in [3.05, 3.63) is 35.1 Å². The van der Waals surface area contributed by atoms with E-state index >= 15 is 0 Å². The molecule has 0 aliphatic heterocycles. The molecule has 0 heterocycles. The van der Waals surface area contributed by atoms with E-state index in [0.29, 0.717) is 13.0 Å². The molecule has 1 aromatic rings. The van der Waals surface area contributed by atoms with Crippen LogP contribution in [-0.2, 0) is 0 Å². The van der Waals surface area contributed by atoms with E-state index in [-0.39, 0.29) is 5.56 Å². The Hall–Kier alpha value is -1.47. The van der Waals surface area contributed by atoms with Crippen LogP contribution in [0.4, 0.5) is 13.2 Å². The second-order valence-corrected chi connectivity index (χ2v) is 3.51. The van der Waals surface area contributed by atoms with Gasteiger partial charge in [0.05, 0.1) is 0 Å². The summed E-state index contributed by atoms with van der Waals surface area (Å²) in [5, 5.41) is 2.99. The van der Waals surface area contributed by atoms with Crippen LogP contribution in [0.3, 0.4) is 0 Å². The first kappa shape index (κ1) is 13.6. The number of nitrogens with one attached hydrogen (secondary N) is 1. The molecule has 0 saturated heterocycles. The van der Waals surface area contributed by atoms with Gasteiger partial charge in [0.2, 0.25) is 0 Å². The quantitative estimate of drug-likeness (QED) is 0.630. The van der Waals surface area contributed by atoms with Gasteiger partial charge in [0, 0.05) is 18.0 Å². The maximum absolute atomic E-state index is 13.6. The molecular weight excluding hydrogens is 227 g/mol. The van der Waals surface area contributed by atoms with Crippen molar-refractivity contribution in [3.8, 4) is 11.8 Å². The predicted molar refractivity (Wildman–Crippen MR) is 60.8 cm³/mol. The van der Waals surface area contributed by atoms with Crippen molar-refractivity contribution in [2.75, 3.05) is 6.54 Å². The van der Waals surface area contributed by atoms with Crippen molar-refractivity contribution < 1.29 is 13.2 Å². The van der Waals surface area contributed by atoms with Crippen LogP contribution in [-0.4, -0.2) is 6.54 Å². The van der Waals surface area contributed by atoms with Crippen LogP contribution in [0, 0.1) is 29.3 Å². The van der Waals surface area contributed by atoms with Gasteiger partial charge in [-0.15, -0.1) is 11.8 Å². The van der Waals surface area contributed by atoms with Gasteiger partial charge in [0.1, 0.15) is 0 Å². The molecule has 1 atom stereocenters. The van der Waals surface area contributed by atoms with Crippen LogP contribution >= 0.6 is 0 Å². The molecule has 92 valence electrons. The third-order valence-electron chi connectivity index (χ3n) is 2.37. The smallest absolute Gasteiger partial charge is 0.194 e. The van der Waals surface area contributed by atoms with Gasteiger partial charge in [-0.1, -0.05) is 13.0 Å². The molecule has 1 N–H and O–H groups in total. The highest BCUT2D eigenvalue weighted by atomic mass is 19.2. The number of halogens is 3. The van der Waals surface area contributed by atoms with Crippen molar-refractivity contribution in [2.45, 2.75) is 26.3 Å². The minimum atomic E-state index is -1.44. The van der Waals surface area contributed by atoms with E-state index < -0.39 is 23.5 Å². The molecule has 0 amide bonds. The third-order valence-corrected chi connectivity index (χ3v) is 2.37. The molecule has 4 heteroatoms. The van der Waals surface area contributed by atoms with Gasteiger partial charge in [-0.2, -0.15) is 0 Å². The lowest BCUT2D eigenvalue weighted by molar-refractivity contribution is 0.427. The summed E-state index contributed by atoms with van der Waals surface area (Å²) in [7, 11) is 0. The highest BCUT2D eigenvalue weighted by molar-refractivity contribution is 5.25. The van der Waals surface area contributed by atoms with E-state index in [0.717, 1.165) is 6.07 Å². The molecule has 0 aliphatic carbocycles. The summed E-state index contributed by atoms with van der Waals surface area (Å²) in [5.41, 5.74) is 0.105. The van der Waals surface area contributed by atoms with Crippen LogP contribution < -0.4 is 5.32 Å². The standard InChI is InChI=1S/C13H14F3N/c1-3-5-6-11(17-4-2)9-7-8-10(14)13(16)12(9)15/h7-8,11,17H,4,6H2,1-2H3. The molecule has 1 rings (SSSR count). The minimum absolute atomic E-state index is 0.105. The Morgan fingerprint density at radius 2 is 1.94 bits per heavy atom. The number of benzene rings is 1. The monoisotopic (exact) mass is 241 g/mol. The summed E-state index contributed by atoms with van der Waals surface area (Å²) in [5.74, 6) is 1.73. The van der Waals surface area contributed by atoms with Gasteiger partial charge in [-0.25, -0.2) is 13.2 Å². The summed E-state index contributed by atoms with van der Waals surface area (Å²) in [6.45, 7) is 4.11. The third kappa shape index (κ3) is 3.24. The van der Waals surface area contributed by atoms with Gasteiger partial charge < -0.3 is 5.32 Å². The molecule has 1 aromatic carbocycles. The fourth-order valence-corrected chi connectivity index (χ4v) is 1.55. The Bertz CT molecular complexity index is 446. The molecule has 0 aliphatic rings. The maximum Gasteiger partial charge on any atom is 0.194 e. The molecular formula is C13H14F3N. The summed E-state index contributed by atoms with van der Waals surface area (Å²) in [4.78, 5) is 0. The van der Waals surface area contributed by atoms with Crippen LogP contribution in [0.1, 0.15) is 31.9 Å². The zero-order chi connectivity index (χ0) is 12.8. The van der Waals surface area contributed by atoms with E-state index in [1.807, 2.05) is 6.92 Å². The van der Waals surface area contributed by atoms with Gasteiger partial charge in [-0.3, -0.25) is 0 Å². The molecule has 0 fully saturated rings. The second-order valence-electron chi connectivity index (χ2n) is 3.51. The number of rotatable bonds is 4. The first-order valence-electron chi connectivity index (χ1n) is 5.38. The lowest BCUT2D eigenvalue weighted by Crippen LogP contribution is -2.22. The highest BCUT2D eigenvalue weighted by Crippen LogP contribution is 2.23. The molecule has 0 spiro atoms. The second kappa shape index (κ2) is 6.31. The maximum atomic E-state index is 13.6. The molecule has 1 unspecified atom stereocenters. The van der Waals surface area contributed by atoms with Gasteiger partial charge in [0.15, 0.2) is 17.5 Å². The Labute approximate surface area is 99.0 Å². The van der Waals surface area contributed by atoms with Gasteiger partial charge in [0.25, 0.3) is 0 Å². The Kier molecular flexibility index (Phi) is 5.05. The van der Waals surface area contributed by atoms with Crippen LogP contribution in [0.25, 0.3) is 0 Å². The fraction of sp³-hybridized carbons (Fsp3) is 0.385. The Morgan fingerprint density at radius 3 is 2.53 bits per heavy atom. The molecule has 0 bridgehead atoms.